The van der Waals surface area contributed by atoms with E-state index in [1.807, 2.05) is 56.3 Å². The minimum absolute atomic E-state index is 0.0538. The number of benzene rings is 3. The average molecular weight is 541 g/mol. The van der Waals surface area contributed by atoms with E-state index in [0.29, 0.717) is 24.3 Å². The highest BCUT2D eigenvalue weighted by Crippen LogP contribution is 2.19. The summed E-state index contributed by atoms with van der Waals surface area (Å²) in [5.74, 6) is -0.350. The molecular formula is C28H30BrFN2O3. The van der Waals surface area contributed by atoms with Gasteiger partial charge in [0, 0.05) is 29.5 Å². The van der Waals surface area contributed by atoms with E-state index in [-0.39, 0.29) is 25.0 Å². The smallest absolute Gasteiger partial charge is 0.261 e. The maximum atomic E-state index is 14.6. The molecule has 0 aliphatic heterocycles. The Morgan fingerprint density at radius 2 is 1.63 bits per heavy atom. The molecule has 3 rings (SSSR count). The Morgan fingerprint density at radius 1 is 0.971 bits per heavy atom. The number of hydrogen-bond acceptors (Lipinski definition) is 3. The number of carbonyl (C=O) groups is 2. The molecule has 7 heteroatoms. The molecule has 0 aromatic heterocycles. The van der Waals surface area contributed by atoms with Gasteiger partial charge in [-0.15, -0.1) is 0 Å². The Bertz CT molecular complexity index is 1110. The van der Waals surface area contributed by atoms with Gasteiger partial charge in [0.15, 0.2) is 6.61 Å². The number of ether oxygens (including phenoxy) is 1. The molecule has 1 atom stereocenters. The lowest BCUT2D eigenvalue weighted by Gasteiger charge is -2.31. The van der Waals surface area contributed by atoms with Crippen molar-refractivity contribution in [2.24, 2.45) is 5.92 Å². The molecule has 184 valence electrons. The van der Waals surface area contributed by atoms with Crippen LogP contribution in [0.5, 0.6) is 5.75 Å². The monoisotopic (exact) mass is 540 g/mol. The maximum Gasteiger partial charge on any atom is 0.261 e. The molecule has 0 aliphatic rings. The number of rotatable bonds is 11. The molecule has 0 fully saturated rings. The first-order valence-corrected chi connectivity index (χ1v) is 12.4. The van der Waals surface area contributed by atoms with E-state index in [1.165, 1.54) is 11.0 Å². The second-order valence-corrected chi connectivity index (χ2v) is 9.62. The first-order chi connectivity index (χ1) is 16.8. The van der Waals surface area contributed by atoms with Crippen LogP contribution in [0.1, 0.15) is 25.0 Å². The molecule has 0 spiro atoms. The van der Waals surface area contributed by atoms with Gasteiger partial charge in [-0.25, -0.2) is 4.39 Å². The summed E-state index contributed by atoms with van der Waals surface area (Å²) in [5.41, 5.74) is 1.23. The molecule has 3 aromatic rings. The summed E-state index contributed by atoms with van der Waals surface area (Å²) in [5, 5.41) is 2.95. The lowest BCUT2D eigenvalue weighted by molar-refractivity contribution is -0.142. The van der Waals surface area contributed by atoms with Crippen LogP contribution in [0.3, 0.4) is 0 Å². The predicted octanol–water partition coefficient (Wildman–Crippen LogP) is 5.38. The average Bonchev–Trinajstić information content (AvgIpc) is 2.85. The van der Waals surface area contributed by atoms with Crippen molar-refractivity contribution in [3.8, 4) is 5.75 Å². The summed E-state index contributed by atoms with van der Waals surface area (Å²) in [6.07, 6.45) is 0.295. The van der Waals surface area contributed by atoms with Crippen molar-refractivity contribution in [1.82, 2.24) is 10.2 Å². The Labute approximate surface area is 214 Å². The molecule has 0 saturated carbocycles. The maximum absolute atomic E-state index is 14.6. The highest BCUT2D eigenvalue weighted by Gasteiger charge is 2.31. The lowest BCUT2D eigenvalue weighted by atomic mass is 10.0. The Morgan fingerprint density at radius 3 is 2.29 bits per heavy atom. The van der Waals surface area contributed by atoms with Gasteiger partial charge < -0.3 is 15.0 Å². The zero-order chi connectivity index (χ0) is 25.2. The molecule has 0 radical (unpaired) electrons. The molecule has 1 N–H and O–H groups in total. The largest absolute Gasteiger partial charge is 0.484 e. The standard InChI is InChI=1S/C28H30BrFN2O3/c1-20(2)17-31-28(34)26(16-21-8-4-3-5-9-21)32(18-22-10-6-7-11-25(22)30)27(33)19-35-24-14-12-23(29)13-15-24/h3-15,20,26H,16-19H2,1-2H3,(H,31,34). The van der Waals surface area contributed by atoms with Gasteiger partial charge in [0.1, 0.15) is 17.6 Å². The van der Waals surface area contributed by atoms with Crippen molar-refractivity contribution < 1.29 is 18.7 Å². The molecular weight excluding hydrogens is 511 g/mol. The van der Waals surface area contributed by atoms with Crippen molar-refractivity contribution in [1.29, 1.82) is 0 Å². The first kappa shape index (κ1) is 26.4. The van der Waals surface area contributed by atoms with E-state index in [0.717, 1.165) is 10.0 Å². The minimum Gasteiger partial charge on any atom is -0.484 e. The van der Waals surface area contributed by atoms with Crippen LogP contribution in [0.2, 0.25) is 0 Å². The third-order valence-electron chi connectivity index (χ3n) is 5.43. The fourth-order valence-corrected chi connectivity index (χ4v) is 3.81. The predicted molar refractivity (Wildman–Crippen MR) is 138 cm³/mol. The molecule has 35 heavy (non-hydrogen) atoms. The molecule has 3 aromatic carbocycles. The number of nitrogens with zero attached hydrogens (tertiary/aromatic N) is 1. The summed E-state index contributed by atoms with van der Waals surface area (Å²) in [6, 6.07) is 22.0. The number of carbonyl (C=O) groups excluding carboxylic acids is 2. The summed E-state index contributed by atoms with van der Waals surface area (Å²) < 4.78 is 21.2. The Balaban J connectivity index is 1.90. The third-order valence-corrected chi connectivity index (χ3v) is 5.96. The SMILES string of the molecule is CC(C)CNC(=O)C(Cc1ccccc1)N(Cc1ccccc1F)C(=O)COc1ccc(Br)cc1. The van der Waals surface area contributed by atoms with Crippen LogP contribution in [0.25, 0.3) is 0 Å². The highest BCUT2D eigenvalue weighted by molar-refractivity contribution is 9.10. The van der Waals surface area contributed by atoms with Crippen LogP contribution >= 0.6 is 15.9 Å². The second kappa shape index (κ2) is 13.0. The number of halogens is 2. The van der Waals surface area contributed by atoms with Crippen molar-refractivity contribution in [3.05, 3.63) is 100 Å². The number of nitrogens with one attached hydrogen (secondary N) is 1. The Kier molecular flexibility index (Phi) is 9.85. The molecule has 0 aliphatic carbocycles. The van der Waals surface area contributed by atoms with Gasteiger partial charge in [0.05, 0.1) is 0 Å². The summed E-state index contributed by atoms with van der Waals surface area (Å²) in [4.78, 5) is 28.2. The number of hydrogen-bond donors (Lipinski definition) is 1. The summed E-state index contributed by atoms with van der Waals surface area (Å²) in [6.45, 7) is 4.14. The second-order valence-electron chi connectivity index (χ2n) is 8.70. The van der Waals surface area contributed by atoms with E-state index in [9.17, 15) is 14.0 Å². The van der Waals surface area contributed by atoms with Crippen molar-refractivity contribution >= 4 is 27.7 Å². The van der Waals surface area contributed by atoms with Gasteiger partial charge in [-0.2, -0.15) is 0 Å². The zero-order valence-corrected chi connectivity index (χ0v) is 21.5. The van der Waals surface area contributed by atoms with Gasteiger partial charge in [-0.05, 0) is 41.8 Å². The van der Waals surface area contributed by atoms with Crippen LogP contribution in [0.15, 0.2) is 83.3 Å². The van der Waals surface area contributed by atoms with Crippen LogP contribution in [-0.2, 0) is 22.6 Å². The summed E-state index contributed by atoms with van der Waals surface area (Å²) >= 11 is 3.37. The van der Waals surface area contributed by atoms with E-state index in [2.05, 4.69) is 21.2 Å². The fourth-order valence-electron chi connectivity index (χ4n) is 3.55. The Hall–Kier alpha value is -3.19. The minimum atomic E-state index is -0.836. The molecule has 1 unspecified atom stereocenters. The van der Waals surface area contributed by atoms with Gasteiger partial charge >= 0.3 is 0 Å². The van der Waals surface area contributed by atoms with Crippen molar-refractivity contribution in [3.63, 3.8) is 0 Å². The summed E-state index contributed by atoms with van der Waals surface area (Å²) in [7, 11) is 0. The van der Waals surface area contributed by atoms with Crippen molar-refractivity contribution in [2.45, 2.75) is 32.9 Å². The molecule has 0 heterocycles. The van der Waals surface area contributed by atoms with E-state index >= 15 is 0 Å². The van der Waals surface area contributed by atoms with Crippen LogP contribution in [-0.4, -0.2) is 35.9 Å². The lowest BCUT2D eigenvalue weighted by Crippen LogP contribution is -2.52. The van der Waals surface area contributed by atoms with Gasteiger partial charge in [-0.3, -0.25) is 9.59 Å². The van der Waals surface area contributed by atoms with Gasteiger partial charge in [-0.1, -0.05) is 78.3 Å². The molecule has 0 bridgehead atoms. The highest BCUT2D eigenvalue weighted by atomic mass is 79.9. The molecule has 5 nitrogen and oxygen atoms in total. The van der Waals surface area contributed by atoms with Gasteiger partial charge in [0.25, 0.3) is 5.91 Å². The van der Waals surface area contributed by atoms with Crippen LogP contribution < -0.4 is 10.1 Å². The van der Waals surface area contributed by atoms with Crippen LogP contribution in [0.4, 0.5) is 4.39 Å². The van der Waals surface area contributed by atoms with Crippen LogP contribution in [0, 0.1) is 11.7 Å². The fraction of sp³-hybridized carbons (Fsp3) is 0.286. The quantitative estimate of drug-likeness (QED) is 0.355. The normalized spacial score (nSPS) is 11.7. The third kappa shape index (κ3) is 8.21. The number of amides is 2. The molecule has 2 amide bonds. The first-order valence-electron chi connectivity index (χ1n) is 11.6. The van der Waals surface area contributed by atoms with E-state index in [4.69, 9.17) is 4.74 Å². The van der Waals surface area contributed by atoms with E-state index in [1.54, 1.807) is 30.3 Å². The topological polar surface area (TPSA) is 58.6 Å². The molecule has 0 saturated heterocycles. The van der Waals surface area contributed by atoms with Gasteiger partial charge in [0.2, 0.25) is 5.91 Å². The van der Waals surface area contributed by atoms with E-state index < -0.39 is 17.8 Å². The zero-order valence-electron chi connectivity index (χ0n) is 19.9. The van der Waals surface area contributed by atoms with Crippen molar-refractivity contribution in [2.75, 3.05) is 13.2 Å².